The molecule has 0 aliphatic carbocycles. The molecule has 0 atom stereocenters. The normalized spacial score (nSPS) is 10.7. The number of ketones is 1. The van der Waals surface area contributed by atoms with E-state index >= 15 is 0 Å². The quantitative estimate of drug-likeness (QED) is 0.576. The Bertz CT molecular complexity index is 809. The summed E-state index contributed by atoms with van der Waals surface area (Å²) in [6, 6.07) is 14.1. The van der Waals surface area contributed by atoms with Gasteiger partial charge in [0.15, 0.2) is 5.78 Å². The predicted octanol–water partition coefficient (Wildman–Crippen LogP) is 3.70. The van der Waals surface area contributed by atoms with Crippen molar-refractivity contribution in [2.24, 2.45) is 0 Å². The Morgan fingerprint density at radius 1 is 1.10 bits per heavy atom. The highest BCUT2D eigenvalue weighted by Gasteiger charge is 2.13. The molecule has 4 heteroatoms. The Labute approximate surface area is 121 Å². The van der Waals surface area contributed by atoms with E-state index in [9.17, 15) is 4.79 Å². The summed E-state index contributed by atoms with van der Waals surface area (Å²) < 4.78 is 0. The van der Waals surface area contributed by atoms with Gasteiger partial charge in [0.2, 0.25) is 0 Å². The van der Waals surface area contributed by atoms with E-state index in [4.69, 9.17) is 17.3 Å². The van der Waals surface area contributed by atoms with Crippen molar-refractivity contribution < 1.29 is 4.79 Å². The van der Waals surface area contributed by atoms with Crippen LogP contribution >= 0.6 is 11.6 Å². The third-order valence-corrected chi connectivity index (χ3v) is 3.48. The number of nitrogens with two attached hydrogens (primary N) is 1. The second-order valence-corrected chi connectivity index (χ2v) is 4.85. The van der Waals surface area contributed by atoms with Gasteiger partial charge in [0.05, 0.1) is 16.2 Å². The minimum atomic E-state index is -0.0921. The zero-order valence-corrected chi connectivity index (χ0v) is 11.3. The molecule has 2 aromatic carbocycles. The molecule has 0 spiro atoms. The van der Waals surface area contributed by atoms with Crippen LogP contribution in [0.2, 0.25) is 5.02 Å². The number of benzene rings is 2. The van der Waals surface area contributed by atoms with Crippen LogP contribution < -0.4 is 5.73 Å². The molecule has 0 saturated heterocycles. The number of fused-ring (bicyclic) bond motifs is 1. The van der Waals surface area contributed by atoms with Crippen molar-refractivity contribution in [2.45, 2.75) is 0 Å². The fourth-order valence-corrected chi connectivity index (χ4v) is 2.31. The van der Waals surface area contributed by atoms with Gasteiger partial charge in [0.1, 0.15) is 0 Å². The van der Waals surface area contributed by atoms with Crippen LogP contribution in [0.4, 0.5) is 5.69 Å². The largest absolute Gasteiger partial charge is 0.398 e. The van der Waals surface area contributed by atoms with Gasteiger partial charge >= 0.3 is 0 Å². The van der Waals surface area contributed by atoms with E-state index in [1.54, 1.807) is 30.5 Å². The smallest absolute Gasteiger partial charge is 0.193 e. The topological polar surface area (TPSA) is 56.0 Å². The van der Waals surface area contributed by atoms with Gasteiger partial charge in [0.25, 0.3) is 0 Å². The number of carbonyl (C=O) groups is 1. The Kier molecular flexibility index (Phi) is 3.12. The molecule has 0 bridgehead atoms. The van der Waals surface area contributed by atoms with E-state index < -0.39 is 0 Å². The Hall–Kier alpha value is -2.39. The van der Waals surface area contributed by atoms with Crippen LogP contribution in [0.3, 0.4) is 0 Å². The standard InChI is InChI=1S/C16H11ClN2O/c17-13-9-10(6-7-14(13)18)16(20)12-3-1-5-15-11(12)4-2-8-19-15/h1-9H,18H2. The molecule has 98 valence electrons. The highest BCUT2D eigenvalue weighted by molar-refractivity contribution is 6.33. The van der Waals surface area contributed by atoms with Gasteiger partial charge in [0, 0.05) is 22.7 Å². The third-order valence-electron chi connectivity index (χ3n) is 3.15. The molecule has 3 aromatic rings. The molecule has 3 nitrogen and oxygen atoms in total. The Morgan fingerprint density at radius 3 is 2.75 bits per heavy atom. The number of carbonyl (C=O) groups excluding carboxylic acids is 1. The molecular formula is C16H11ClN2O. The molecule has 0 aliphatic rings. The molecule has 20 heavy (non-hydrogen) atoms. The summed E-state index contributed by atoms with van der Waals surface area (Å²) in [5.74, 6) is -0.0921. The number of anilines is 1. The molecule has 0 amide bonds. The van der Waals surface area contributed by atoms with E-state index in [1.165, 1.54) is 0 Å². The second-order valence-electron chi connectivity index (χ2n) is 4.44. The first kappa shape index (κ1) is 12.6. The van der Waals surface area contributed by atoms with Crippen LogP contribution in [0.15, 0.2) is 54.7 Å². The lowest BCUT2D eigenvalue weighted by atomic mass is 9.99. The second kappa shape index (κ2) is 4.94. The first-order valence-corrected chi connectivity index (χ1v) is 6.48. The molecule has 0 saturated carbocycles. The monoisotopic (exact) mass is 282 g/mol. The molecule has 0 fully saturated rings. The van der Waals surface area contributed by atoms with Crippen LogP contribution in [0.1, 0.15) is 15.9 Å². The first-order valence-electron chi connectivity index (χ1n) is 6.10. The van der Waals surface area contributed by atoms with Gasteiger partial charge in [-0.05, 0) is 30.3 Å². The number of rotatable bonds is 2. The molecule has 1 heterocycles. The maximum Gasteiger partial charge on any atom is 0.193 e. The maximum absolute atomic E-state index is 12.6. The van der Waals surface area contributed by atoms with E-state index in [0.717, 1.165) is 10.9 Å². The van der Waals surface area contributed by atoms with Gasteiger partial charge in [-0.1, -0.05) is 29.8 Å². The highest BCUT2D eigenvalue weighted by Crippen LogP contribution is 2.24. The van der Waals surface area contributed by atoms with Crippen molar-refractivity contribution in [2.75, 3.05) is 5.73 Å². The van der Waals surface area contributed by atoms with Gasteiger partial charge in [-0.25, -0.2) is 0 Å². The van der Waals surface area contributed by atoms with Crippen LogP contribution in [-0.2, 0) is 0 Å². The van der Waals surface area contributed by atoms with Gasteiger partial charge in [-0.2, -0.15) is 0 Å². The SMILES string of the molecule is Nc1ccc(C(=O)c2cccc3ncccc23)cc1Cl. The summed E-state index contributed by atoms with van der Waals surface area (Å²) in [5, 5.41) is 1.21. The van der Waals surface area contributed by atoms with Crippen molar-refractivity contribution in [1.82, 2.24) is 4.98 Å². The molecule has 3 rings (SSSR count). The zero-order chi connectivity index (χ0) is 14.1. The van der Waals surface area contributed by atoms with Crippen molar-refractivity contribution in [3.8, 4) is 0 Å². The van der Waals surface area contributed by atoms with Crippen molar-refractivity contribution in [1.29, 1.82) is 0 Å². The van der Waals surface area contributed by atoms with Gasteiger partial charge in [-0.3, -0.25) is 9.78 Å². The van der Waals surface area contributed by atoms with E-state index in [1.807, 2.05) is 24.3 Å². The maximum atomic E-state index is 12.6. The average molecular weight is 283 g/mol. The van der Waals surface area contributed by atoms with Crippen LogP contribution in [0, 0.1) is 0 Å². The number of hydrogen-bond acceptors (Lipinski definition) is 3. The van der Waals surface area contributed by atoms with Crippen molar-refractivity contribution >= 4 is 34.0 Å². The third kappa shape index (κ3) is 2.12. The van der Waals surface area contributed by atoms with Crippen LogP contribution in [0.5, 0.6) is 0 Å². The molecule has 2 N–H and O–H groups in total. The van der Waals surface area contributed by atoms with Gasteiger partial charge < -0.3 is 5.73 Å². The van der Waals surface area contributed by atoms with Crippen LogP contribution in [0.25, 0.3) is 10.9 Å². The molecule has 0 radical (unpaired) electrons. The zero-order valence-electron chi connectivity index (χ0n) is 10.5. The Morgan fingerprint density at radius 2 is 1.95 bits per heavy atom. The number of aromatic nitrogens is 1. The van der Waals surface area contributed by atoms with Gasteiger partial charge in [-0.15, -0.1) is 0 Å². The summed E-state index contributed by atoms with van der Waals surface area (Å²) in [6.07, 6.45) is 1.71. The molecule has 0 aliphatic heterocycles. The van der Waals surface area contributed by atoms with E-state index in [2.05, 4.69) is 4.98 Å². The van der Waals surface area contributed by atoms with Crippen molar-refractivity contribution in [3.05, 3.63) is 70.9 Å². The summed E-state index contributed by atoms with van der Waals surface area (Å²) in [6.45, 7) is 0. The number of halogens is 1. The minimum absolute atomic E-state index is 0.0921. The lowest BCUT2D eigenvalue weighted by Gasteiger charge is -2.06. The lowest BCUT2D eigenvalue weighted by Crippen LogP contribution is -2.03. The minimum Gasteiger partial charge on any atom is -0.398 e. The lowest BCUT2D eigenvalue weighted by molar-refractivity contribution is 0.104. The van der Waals surface area contributed by atoms with Crippen LogP contribution in [-0.4, -0.2) is 10.8 Å². The summed E-state index contributed by atoms with van der Waals surface area (Å²) in [5.41, 5.74) is 8.04. The predicted molar refractivity (Wildman–Crippen MR) is 81.0 cm³/mol. The number of hydrogen-bond donors (Lipinski definition) is 1. The molecular weight excluding hydrogens is 272 g/mol. The fourth-order valence-electron chi connectivity index (χ4n) is 2.13. The number of nitrogen functional groups attached to an aromatic ring is 1. The summed E-state index contributed by atoms with van der Waals surface area (Å²) >= 11 is 5.97. The van der Waals surface area contributed by atoms with E-state index in [-0.39, 0.29) is 5.78 Å². The summed E-state index contributed by atoms with van der Waals surface area (Å²) in [7, 11) is 0. The van der Waals surface area contributed by atoms with E-state index in [0.29, 0.717) is 21.8 Å². The molecule has 0 unspecified atom stereocenters. The first-order chi connectivity index (χ1) is 9.66. The molecule has 1 aromatic heterocycles. The number of pyridine rings is 1. The fraction of sp³-hybridized carbons (Fsp3) is 0. The Balaban J connectivity index is 2.15. The number of nitrogens with zero attached hydrogens (tertiary/aromatic N) is 1. The summed E-state index contributed by atoms with van der Waals surface area (Å²) in [4.78, 5) is 16.8. The highest BCUT2D eigenvalue weighted by atomic mass is 35.5. The average Bonchev–Trinajstić information content (AvgIpc) is 2.49. The van der Waals surface area contributed by atoms with Crippen molar-refractivity contribution in [3.63, 3.8) is 0 Å².